The van der Waals surface area contributed by atoms with Crippen LogP contribution in [0.1, 0.15) is 44.1 Å². The van der Waals surface area contributed by atoms with E-state index in [2.05, 4.69) is 15.4 Å². The number of rotatable bonds is 7. The Hall–Kier alpha value is -2.97. The van der Waals surface area contributed by atoms with Crippen LogP contribution in [-0.4, -0.2) is 61.7 Å². The third-order valence-electron chi connectivity index (χ3n) is 3.98. The Labute approximate surface area is 151 Å². The zero-order valence-electron chi connectivity index (χ0n) is 15.3. The van der Waals surface area contributed by atoms with Crippen LogP contribution in [0.4, 0.5) is 0 Å². The molecule has 9 nitrogen and oxygen atoms in total. The number of hydrogen-bond acceptors (Lipinski definition) is 5. The number of carboxylic acid groups (broad SMARTS) is 1. The normalized spacial score (nSPS) is 12.2. The van der Waals surface area contributed by atoms with Crippen molar-refractivity contribution in [3.05, 3.63) is 24.0 Å². The van der Waals surface area contributed by atoms with Crippen LogP contribution < -0.4 is 5.32 Å². The number of carboxylic acids is 1. The number of pyridine rings is 1. The first-order valence-corrected chi connectivity index (χ1v) is 8.33. The Balaban J connectivity index is 2.30. The summed E-state index contributed by atoms with van der Waals surface area (Å²) in [7, 11) is 0. The lowest BCUT2D eigenvalue weighted by molar-refractivity contribution is -0.141. The monoisotopic (exact) mass is 361 g/mol. The van der Waals surface area contributed by atoms with Crippen LogP contribution in [0.3, 0.4) is 0 Å². The molecule has 2 heterocycles. The number of carbonyl (C=O) groups excluding carboxylic acids is 2. The highest BCUT2D eigenvalue weighted by Crippen LogP contribution is 2.18. The lowest BCUT2D eigenvalue weighted by Gasteiger charge is -2.26. The average molecular weight is 361 g/mol. The maximum Gasteiger partial charge on any atom is 0.326 e. The highest BCUT2D eigenvalue weighted by molar-refractivity contribution is 5.98. The lowest BCUT2D eigenvalue weighted by Crippen LogP contribution is -2.46. The van der Waals surface area contributed by atoms with Gasteiger partial charge in [-0.1, -0.05) is 0 Å². The first kappa shape index (κ1) is 19.4. The molecular weight excluding hydrogens is 338 g/mol. The van der Waals surface area contributed by atoms with Gasteiger partial charge in [-0.05, 0) is 26.8 Å². The lowest BCUT2D eigenvalue weighted by atomic mass is 10.1. The number of nitrogens with one attached hydrogen (secondary N) is 1. The van der Waals surface area contributed by atoms with Gasteiger partial charge in [-0.25, -0.2) is 14.5 Å². The van der Waals surface area contributed by atoms with Gasteiger partial charge < -0.3 is 15.3 Å². The molecule has 2 aromatic heterocycles. The van der Waals surface area contributed by atoms with Crippen molar-refractivity contribution >= 4 is 28.8 Å². The molecule has 9 heteroatoms. The molecule has 1 unspecified atom stereocenters. The Morgan fingerprint density at radius 1 is 1.27 bits per heavy atom. The van der Waals surface area contributed by atoms with Crippen molar-refractivity contribution in [3.8, 4) is 0 Å². The highest BCUT2D eigenvalue weighted by Gasteiger charge is 2.27. The van der Waals surface area contributed by atoms with Crippen LogP contribution in [0, 0.1) is 0 Å². The largest absolute Gasteiger partial charge is 0.480 e. The minimum Gasteiger partial charge on any atom is -0.480 e. The van der Waals surface area contributed by atoms with Crippen molar-refractivity contribution in [2.75, 3.05) is 13.1 Å². The minimum atomic E-state index is -1.12. The van der Waals surface area contributed by atoms with Crippen LogP contribution >= 0.6 is 0 Å². The summed E-state index contributed by atoms with van der Waals surface area (Å²) < 4.78 is 1.75. The van der Waals surface area contributed by atoms with Gasteiger partial charge in [0.15, 0.2) is 5.65 Å². The van der Waals surface area contributed by atoms with E-state index >= 15 is 0 Å². The summed E-state index contributed by atoms with van der Waals surface area (Å²) in [4.78, 5) is 40.7. The smallest absolute Gasteiger partial charge is 0.326 e. The number of nitrogens with zero attached hydrogens (tertiary/aromatic N) is 4. The molecule has 0 aliphatic rings. The standard InChI is InChI=1S/C17H23N5O4/c1-10(2)22-15-13(9-20-22)7-14(8-19-15)16(24)21(11(3)17(25)26)6-5-18-12(4)23/h7-11H,5-6H2,1-4H3,(H,18,23)(H,25,26). The van der Waals surface area contributed by atoms with Crippen molar-refractivity contribution in [3.63, 3.8) is 0 Å². The van der Waals surface area contributed by atoms with Crippen LogP contribution in [0.2, 0.25) is 0 Å². The summed E-state index contributed by atoms with van der Waals surface area (Å²) in [6.07, 6.45) is 3.05. The quantitative estimate of drug-likeness (QED) is 0.761. The Kier molecular flexibility index (Phi) is 5.91. The molecule has 0 aliphatic heterocycles. The number of carbonyl (C=O) groups is 3. The number of fused-ring (bicyclic) bond motifs is 1. The van der Waals surface area contributed by atoms with Crippen molar-refractivity contribution < 1.29 is 19.5 Å². The fraction of sp³-hybridized carbons (Fsp3) is 0.471. The van der Waals surface area contributed by atoms with Gasteiger partial charge in [0.1, 0.15) is 6.04 Å². The van der Waals surface area contributed by atoms with E-state index in [4.69, 9.17) is 0 Å². The maximum absolute atomic E-state index is 12.8. The number of hydrogen-bond donors (Lipinski definition) is 2. The zero-order chi connectivity index (χ0) is 19.4. The SMILES string of the molecule is CC(=O)NCCN(C(=O)c1cnc2c(cnn2C(C)C)c1)C(C)C(=O)O. The molecule has 0 spiro atoms. The van der Waals surface area contributed by atoms with Gasteiger partial charge >= 0.3 is 5.97 Å². The predicted octanol–water partition coefficient (Wildman–Crippen LogP) is 1.06. The fourth-order valence-corrected chi connectivity index (χ4v) is 2.56. The second kappa shape index (κ2) is 7.94. The molecule has 0 aromatic carbocycles. The van der Waals surface area contributed by atoms with Gasteiger partial charge in [0, 0.05) is 37.6 Å². The van der Waals surface area contributed by atoms with E-state index in [9.17, 15) is 19.5 Å². The number of amides is 2. The van der Waals surface area contributed by atoms with E-state index in [0.717, 1.165) is 0 Å². The number of aliphatic carboxylic acids is 1. The average Bonchev–Trinajstić information content (AvgIpc) is 3.00. The fourth-order valence-electron chi connectivity index (χ4n) is 2.56. The van der Waals surface area contributed by atoms with Gasteiger partial charge in [0.05, 0.1) is 11.8 Å². The van der Waals surface area contributed by atoms with E-state index in [0.29, 0.717) is 11.0 Å². The van der Waals surface area contributed by atoms with Gasteiger partial charge in [0.2, 0.25) is 5.91 Å². The molecule has 2 N–H and O–H groups in total. The van der Waals surface area contributed by atoms with Crippen LogP contribution in [-0.2, 0) is 9.59 Å². The molecular formula is C17H23N5O4. The Morgan fingerprint density at radius 3 is 2.54 bits per heavy atom. The summed E-state index contributed by atoms with van der Waals surface area (Å²) >= 11 is 0. The van der Waals surface area contributed by atoms with E-state index < -0.39 is 17.9 Å². The molecule has 0 aliphatic carbocycles. The molecule has 0 fully saturated rings. The molecule has 2 rings (SSSR count). The summed E-state index contributed by atoms with van der Waals surface area (Å²) in [5.41, 5.74) is 0.935. The minimum absolute atomic E-state index is 0.0785. The van der Waals surface area contributed by atoms with Gasteiger partial charge in [-0.15, -0.1) is 0 Å². The van der Waals surface area contributed by atoms with E-state index in [1.807, 2.05) is 13.8 Å². The topological polar surface area (TPSA) is 117 Å². The Bertz CT molecular complexity index is 830. The molecule has 26 heavy (non-hydrogen) atoms. The maximum atomic E-state index is 12.8. The van der Waals surface area contributed by atoms with E-state index in [1.54, 1.807) is 16.9 Å². The second-order valence-corrected chi connectivity index (χ2v) is 6.32. The molecule has 0 saturated carbocycles. The molecule has 2 aromatic rings. The molecule has 140 valence electrons. The van der Waals surface area contributed by atoms with Crippen molar-refractivity contribution in [2.24, 2.45) is 0 Å². The number of aromatic nitrogens is 3. The summed E-state index contributed by atoms with van der Waals surface area (Å²) in [5.74, 6) is -1.83. The third kappa shape index (κ3) is 4.16. The molecule has 0 radical (unpaired) electrons. The molecule has 0 bridgehead atoms. The summed E-state index contributed by atoms with van der Waals surface area (Å²) in [6.45, 7) is 6.99. The van der Waals surface area contributed by atoms with E-state index in [1.165, 1.54) is 24.9 Å². The second-order valence-electron chi connectivity index (χ2n) is 6.32. The predicted molar refractivity (Wildman–Crippen MR) is 94.7 cm³/mol. The van der Waals surface area contributed by atoms with Crippen molar-refractivity contribution in [1.82, 2.24) is 25.0 Å². The molecule has 1 atom stereocenters. The van der Waals surface area contributed by atoms with Gasteiger partial charge in [0.25, 0.3) is 5.91 Å². The molecule has 0 saturated heterocycles. The highest BCUT2D eigenvalue weighted by atomic mass is 16.4. The van der Waals surface area contributed by atoms with Crippen LogP contribution in [0.25, 0.3) is 11.0 Å². The van der Waals surface area contributed by atoms with Crippen molar-refractivity contribution in [2.45, 2.75) is 39.8 Å². The van der Waals surface area contributed by atoms with Crippen LogP contribution in [0.5, 0.6) is 0 Å². The van der Waals surface area contributed by atoms with Gasteiger partial charge in [-0.3, -0.25) is 9.59 Å². The van der Waals surface area contributed by atoms with Gasteiger partial charge in [-0.2, -0.15) is 5.10 Å². The first-order chi connectivity index (χ1) is 12.2. The van der Waals surface area contributed by atoms with Crippen LogP contribution in [0.15, 0.2) is 18.5 Å². The zero-order valence-corrected chi connectivity index (χ0v) is 15.3. The first-order valence-electron chi connectivity index (χ1n) is 8.33. The summed E-state index contributed by atoms with van der Waals surface area (Å²) in [5, 5.41) is 16.8. The van der Waals surface area contributed by atoms with E-state index in [-0.39, 0.29) is 30.6 Å². The van der Waals surface area contributed by atoms with Crippen molar-refractivity contribution in [1.29, 1.82) is 0 Å². The molecule has 2 amide bonds. The summed E-state index contributed by atoms with van der Waals surface area (Å²) in [6, 6.07) is 0.740. The third-order valence-corrected chi connectivity index (χ3v) is 3.98. The Morgan fingerprint density at radius 2 is 1.96 bits per heavy atom.